The van der Waals surface area contributed by atoms with Crippen LogP contribution in [0.5, 0.6) is 0 Å². The van der Waals surface area contributed by atoms with Crippen molar-refractivity contribution in [2.75, 3.05) is 25.2 Å². The summed E-state index contributed by atoms with van der Waals surface area (Å²) in [6.45, 7) is 3.59. The van der Waals surface area contributed by atoms with Crippen molar-refractivity contribution in [2.45, 2.75) is 32.5 Å². The lowest BCUT2D eigenvalue weighted by molar-refractivity contribution is 0.0956. The smallest absolute Gasteiger partial charge is 0.324 e. The number of aromatic nitrogens is 3. The number of amides is 3. The van der Waals surface area contributed by atoms with Gasteiger partial charge in [0.2, 0.25) is 0 Å². The van der Waals surface area contributed by atoms with E-state index in [0.29, 0.717) is 23.2 Å². The van der Waals surface area contributed by atoms with Gasteiger partial charge in [0, 0.05) is 32.6 Å². The van der Waals surface area contributed by atoms with Crippen molar-refractivity contribution < 1.29 is 18.7 Å². The summed E-state index contributed by atoms with van der Waals surface area (Å²) >= 11 is 1.12. The van der Waals surface area contributed by atoms with Crippen LogP contribution in [0.25, 0.3) is 0 Å². The monoisotopic (exact) mass is 474 g/mol. The Hall–Kier alpha value is -3.31. The van der Waals surface area contributed by atoms with E-state index in [1.807, 2.05) is 17.7 Å². The molecule has 0 saturated carbocycles. The Labute approximate surface area is 195 Å². The van der Waals surface area contributed by atoms with Crippen molar-refractivity contribution in [1.82, 2.24) is 25.2 Å². The van der Waals surface area contributed by atoms with Gasteiger partial charge in [-0.05, 0) is 31.0 Å². The van der Waals surface area contributed by atoms with E-state index in [1.54, 1.807) is 31.8 Å². The summed E-state index contributed by atoms with van der Waals surface area (Å²) in [5, 5.41) is 6.09. The molecule has 2 aromatic heterocycles. The van der Waals surface area contributed by atoms with Gasteiger partial charge in [0.15, 0.2) is 5.13 Å². The zero-order valence-electron chi connectivity index (χ0n) is 18.5. The van der Waals surface area contributed by atoms with E-state index in [-0.39, 0.29) is 30.3 Å². The second kappa shape index (κ2) is 12.1. The van der Waals surface area contributed by atoms with Crippen molar-refractivity contribution >= 4 is 28.4 Å². The molecule has 0 saturated heterocycles. The minimum Gasteiger partial charge on any atom is -0.383 e. The third kappa shape index (κ3) is 7.36. The first-order chi connectivity index (χ1) is 16.0. The molecule has 0 aliphatic heterocycles. The van der Waals surface area contributed by atoms with Gasteiger partial charge in [-0.25, -0.2) is 19.2 Å². The molecule has 9 nitrogen and oxygen atoms in total. The number of aryl methyl sites for hydroxylation is 1. The number of methoxy groups -OCH3 is 1. The number of halogens is 1. The number of carbonyl (C=O) groups is 2. The van der Waals surface area contributed by atoms with Crippen LogP contribution in [0.3, 0.4) is 0 Å². The van der Waals surface area contributed by atoms with E-state index < -0.39 is 0 Å². The molecule has 2 N–H and O–H groups in total. The molecule has 0 radical (unpaired) electrons. The molecule has 2 heterocycles. The molecule has 1 unspecified atom stereocenters. The second-order valence-corrected chi connectivity index (χ2v) is 8.44. The predicted molar refractivity (Wildman–Crippen MR) is 124 cm³/mol. The number of ether oxygens (including phenoxy) is 1. The fraction of sp³-hybridized carbons (Fsp3) is 0.364. The maximum atomic E-state index is 13.3. The minimum absolute atomic E-state index is 0.172. The SMILES string of the molecule is COCC(C)NC(=O)N(Cc1ccc(F)cc1)c1ncc(C(=O)NCCCn2ccnc2)s1. The second-order valence-electron chi connectivity index (χ2n) is 7.44. The third-order valence-corrected chi connectivity index (χ3v) is 5.69. The highest BCUT2D eigenvalue weighted by Crippen LogP contribution is 2.25. The lowest BCUT2D eigenvalue weighted by atomic mass is 10.2. The quantitative estimate of drug-likeness (QED) is 0.416. The van der Waals surface area contributed by atoms with Gasteiger partial charge < -0.3 is 19.9 Å². The molecule has 3 aromatic rings. The number of urea groups is 1. The third-order valence-electron chi connectivity index (χ3n) is 4.67. The summed E-state index contributed by atoms with van der Waals surface area (Å²) in [5.74, 6) is -0.607. The molecule has 176 valence electrons. The van der Waals surface area contributed by atoms with Crippen molar-refractivity contribution in [3.63, 3.8) is 0 Å². The maximum Gasteiger partial charge on any atom is 0.324 e. The highest BCUT2D eigenvalue weighted by Gasteiger charge is 2.22. The van der Waals surface area contributed by atoms with Crippen LogP contribution in [-0.2, 0) is 17.8 Å². The summed E-state index contributed by atoms with van der Waals surface area (Å²) in [6, 6.07) is 5.28. The number of nitrogens with zero attached hydrogens (tertiary/aromatic N) is 4. The lowest BCUT2D eigenvalue weighted by Crippen LogP contribution is -2.45. The number of hydrogen-bond acceptors (Lipinski definition) is 6. The maximum absolute atomic E-state index is 13.3. The molecule has 33 heavy (non-hydrogen) atoms. The fourth-order valence-electron chi connectivity index (χ4n) is 3.04. The number of hydrogen-bond donors (Lipinski definition) is 2. The average molecular weight is 475 g/mol. The zero-order valence-corrected chi connectivity index (χ0v) is 19.3. The van der Waals surface area contributed by atoms with Crippen LogP contribution in [-0.4, -0.2) is 52.8 Å². The van der Waals surface area contributed by atoms with Crippen molar-refractivity contribution in [2.24, 2.45) is 0 Å². The van der Waals surface area contributed by atoms with E-state index in [2.05, 4.69) is 20.6 Å². The molecule has 1 atom stereocenters. The molecule has 1 aromatic carbocycles. The van der Waals surface area contributed by atoms with Crippen LogP contribution in [0.15, 0.2) is 49.2 Å². The highest BCUT2D eigenvalue weighted by atomic mass is 32.1. The molecular formula is C22H27FN6O3S. The molecule has 0 aliphatic carbocycles. The summed E-state index contributed by atoms with van der Waals surface area (Å²) in [6.07, 6.45) is 7.51. The standard InChI is InChI=1S/C22H27FN6O3S/c1-16(14-32-2)27-21(31)29(13-17-4-6-18(23)7-5-17)22-26-12-19(33-22)20(30)25-8-3-10-28-11-9-24-15-28/h4-7,9,11-12,15-16H,3,8,10,13-14H2,1-2H3,(H,25,30)(H,27,31). The molecule has 0 aliphatic rings. The number of nitrogens with one attached hydrogen (secondary N) is 2. The topological polar surface area (TPSA) is 101 Å². The van der Waals surface area contributed by atoms with E-state index in [0.717, 1.165) is 29.9 Å². The Balaban J connectivity index is 1.65. The predicted octanol–water partition coefficient (Wildman–Crippen LogP) is 3.05. The molecule has 0 spiro atoms. The van der Waals surface area contributed by atoms with Gasteiger partial charge in [-0.3, -0.25) is 9.69 Å². The van der Waals surface area contributed by atoms with Gasteiger partial charge in [-0.15, -0.1) is 0 Å². The first kappa shape index (κ1) is 24.3. The van der Waals surface area contributed by atoms with Crippen LogP contribution in [0.2, 0.25) is 0 Å². The number of imidazole rings is 1. The molecule has 3 amide bonds. The van der Waals surface area contributed by atoms with Gasteiger partial charge in [0.1, 0.15) is 10.7 Å². The summed E-state index contributed by atoms with van der Waals surface area (Å²) in [5.41, 5.74) is 0.728. The highest BCUT2D eigenvalue weighted by molar-refractivity contribution is 7.17. The molecule has 0 fully saturated rings. The summed E-state index contributed by atoms with van der Waals surface area (Å²) < 4.78 is 20.3. The van der Waals surface area contributed by atoms with Crippen LogP contribution < -0.4 is 15.5 Å². The first-order valence-electron chi connectivity index (χ1n) is 10.5. The van der Waals surface area contributed by atoms with Crippen molar-refractivity contribution in [1.29, 1.82) is 0 Å². The van der Waals surface area contributed by atoms with Gasteiger partial charge >= 0.3 is 6.03 Å². The van der Waals surface area contributed by atoms with Crippen LogP contribution in [0.1, 0.15) is 28.6 Å². The number of anilines is 1. The molecular weight excluding hydrogens is 447 g/mol. The largest absolute Gasteiger partial charge is 0.383 e. The van der Waals surface area contributed by atoms with Gasteiger partial charge in [-0.1, -0.05) is 23.5 Å². The van der Waals surface area contributed by atoms with Crippen molar-refractivity contribution in [3.8, 4) is 0 Å². The van der Waals surface area contributed by atoms with Gasteiger partial charge in [0.05, 0.1) is 31.7 Å². The lowest BCUT2D eigenvalue weighted by Gasteiger charge is -2.23. The van der Waals surface area contributed by atoms with E-state index in [4.69, 9.17) is 4.74 Å². The normalized spacial score (nSPS) is 11.7. The molecule has 11 heteroatoms. The average Bonchev–Trinajstić information content (AvgIpc) is 3.48. The Kier molecular flexibility index (Phi) is 8.90. The van der Waals surface area contributed by atoms with Gasteiger partial charge in [0.25, 0.3) is 5.91 Å². The Morgan fingerprint density at radius 1 is 1.30 bits per heavy atom. The zero-order chi connectivity index (χ0) is 23.6. The minimum atomic E-state index is -0.384. The van der Waals surface area contributed by atoms with E-state index in [1.165, 1.54) is 23.2 Å². The Morgan fingerprint density at radius 3 is 2.79 bits per heavy atom. The molecule has 0 bridgehead atoms. The van der Waals surface area contributed by atoms with Crippen molar-refractivity contribution in [3.05, 3.63) is 65.4 Å². The van der Waals surface area contributed by atoms with Crippen LogP contribution >= 0.6 is 11.3 Å². The van der Waals surface area contributed by atoms with Gasteiger partial charge in [-0.2, -0.15) is 0 Å². The fourth-order valence-corrected chi connectivity index (χ4v) is 3.87. The number of thiazole rings is 1. The molecule has 3 rings (SSSR count). The van der Waals surface area contributed by atoms with Crippen LogP contribution in [0, 0.1) is 5.82 Å². The van der Waals surface area contributed by atoms with Crippen LogP contribution in [0.4, 0.5) is 14.3 Å². The summed E-state index contributed by atoms with van der Waals surface area (Å²) in [4.78, 5) is 35.6. The summed E-state index contributed by atoms with van der Waals surface area (Å²) in [7, 11) is 1.56. The Morgan fingerprint density at radius 2 is 2.09 bits per heavy atom. The number of benzene rings is 1. The Bertz CT molecular complexity index is 1030. The van der Waals surface area contributed by atoms with E-state index >= 15 is 0 Å². The number of rotatable bonds is 11. The first-order valence-corrected chi connectivity index (χ1v) is 11.3. The number of carbonyl (C=O) groups excluding carboxylic acids is 2. The van der Waals surface area contributed by atoms with E-state index in [9.17, 15) is 14.0 Å².